The Morgan fingerprint density at radius 3 is 2.71 bits per heavy atom. The van der Waals surface area contributed by atoms with Gasteiger partial charge in [0.1, 0.15) is 0 Å². The van der Waals surface area contributed by atoms with Gasteiger partial charge in [-0.2, -0.15) is 0 Å². The maximum absolute atomic E-state index is 4.53. The molecule has 21 heavy (non-hydrogen) atoms. The number of imidazole rings is 1. The second-order valence-electron chi connectivity index (χ2n) is 6.00. The highest BCUT2D eigenvalue weighted by Gasteiger charge is 2.20. The van der Waals surface area contributed by atoms with Crippen molar-refractivity contribution in [3.63, 3.8) is 0 Å². The third-order valence-electron chi connectivity index (χ3n) is 4.32. The molecule has 114 valence electrons. The molecule has 1 aliphatic carbocycles. The molecule has 0 amide bonds. The van der Waals surface area contributed by atoms with Crippen LogP contribution in [0.15, 0.2) is 12.4 Å². The zero-order valence-corrected chi connectivity index (χ0v) is 13.9. The van der Waals surface area contributed by atoms with E-state index in [1.165, 1.54) is 37.0 Å². The van der Waals surface area contributed by atoms with Crippen LogP contribution in [0.2, 0.25) is 0 Å². The van der Waals surface area contributed by atoms with Crippen LogP contribution in [-0.4, -0.2) is 14.5 Å². The quantitative estimate of drug-likeness (QED) is 0.895. The summed E-state index contributed by atoms with van der Waals surface area (Å²) in [4.78, 5) is 10.4. The van der Waals surface area contributed by atoms with Gasteiger partial charge in [-0.15, -0.1) is 11.3 Å². The minimum absolute atomic E-state index is 0.251. The summed E-state index contributed by atoms with van der Waals surface area (Å²) in [7, 11) is 0. The Morgan fingerprint density at radius 2 is 2.05 bits per heavy atom. The summed E-state index contributed by atoms with van der Waals surface area (Å²) >= 11 is 1.78. The molecule has 2 aromatic heterocycles. The molecule has 2 aromatic rings. The Labute approximate surface area is 130 Å². The van der Waals surface area contributed by atoms with E-state index >= 15 is 0 Å². The SMILES string of the molecule is Cc1nc(C)c(C(C)Nc2nccn2C2CCCCC2)s1. The molecule has 0 radical (unpaired) electrons. The van der Waals surface area contributed by atoms with E-state index in [0.717, 1.165) is 16.6 Å². The Morgan fingerprint density at radius 1 is 1.29 bits per heavy atom. The monoisotopic (exact) mass is 304 g/mol. The van der Waals surface area contributed by atoms with Gasteiger partial charge in [0.15, 0.2) is 0 Å². The van der Waals surface area contributed by atoms with Gasteiger partial charge < -0.3 is 9.88 Å². The van der Waals surface area contributed by atoms with Crippen molar-refractivity contribution in [2.24, 2.45) is 0 Å². The zero-order valence-electron chi connectivity index (χ0n) is 13.1. The highest BCUT2D eigenvalue weighted by atomic mass is 32.1. The van der Waals surface area contributed by atoms with Gasteiger partial charge in [-0.3, -0.25) is 0 Å². The van der Waals surface area contributed by atoms with Gasteiger partial charge in [-0.1, -0.05) is 19.3 Å². The van der Waals surface area contributed by atoms with Crippen molar-refractivity contribution in [2.75, 3.05) is 5.32 Å². The lowest BCUT2D eigenvalue weighted by Gasteiger charge is -2.25. The third-order valence-corrected chi connectivity index (χ3v) is 5.57. The van der Waals surface area contributed by atoms with Gasteiger partial charge in [0.05, 0.1) is 16.7 Å². The molecule has 1 saturated carbocycles. The lowest BCUT2D eigenvalue weighted by molar-refractivity contribution is 0.355. The minimum atomic E-state index is 0.251. The Hall–Kier alpha value is -1.36. The number of hydrogen-bond donors (Lipinski definition) is 1. The summed E-state index contributed by atoms with van der Waals surface area (Å²) < 4.78 is 2.33. The van der Waals surface area contributed by atoms with Crippen LogP contribution < -0.4 is 5.32 Å². The van der Waals surface area contributed by atoms with Crippen LogP contribution in [0, 0.1) is 13.8 Å². The molecule has 2 heterocycles. The van der Waals surface area contributed by atoms with E-state index in [4.69, 9.17) is 0 Å². The second-order valence-corrected chi connectivity index (χ2v) is 7.23. The molecule has 1 fully saturated rings. The van der Waals surface area contributed by atoms with Crippen LogP contribution in [0.25, 0.3) is 0 Å². The van der Waals surface area contributed by atoms with E-state index in [-0.39, 0.29) is 6.04 Å². The first kappa shape index (κ1) is 14.6. The molecule has 1 unspecified atom stereocenters. The van der Waals surface area contributed by atoms with Gasteiger partial charge in [0.25, 0.3) is 0 Å². The van der Waals surface area contributed by atoms with Crippen LogP contribution >= 0.6 is 11.3 Å². The number of hydrogen-bond acceptors (Lipinski definition) is 4. The Balaban J connectivity index is 1.76. The third kappa shape index (κ3) is 3.12. The van der Waals surface area contributed by atoms with E-state index in [0.29, 0.717) is 6.04 Å². The van der Waals surface area contributed by atoms with Crippen molar-refractivity contribution in [2.45, 2.75) is 65.0 Å². The number of anilines is 1. The summed E-state index contributed by atoms with van der Waals surface area (Å²) in [5, 5.41) is 4.71. The summed E-state index contributed by atoms with van der Waals surface area (Å²) in [6.45, 7) is 6.35. The first-order chi connectivity index (χ1) is 10.1. The fraction of sp³-hybridized carbons (Fsp3) is 0.625. The number of rotatable bonds is 4. The molecule has 1 aliphatic rings. The summed E-state index contributed by atoms with van der Waals surface area (Å²) in [5.74, 6) is 1.000. The van der Waals surface area contributed by atoms with Gasteiger partial charge >= 0.3 is 0 Å². The molecular weight excluding hydrogens is 280 g/mol. The molecule has 3 rings (SSSR count). The van der Waals surface area contributed by atoms with Crippen molar-refractivity contribution in [1.29, 1.82) is 0 Å². The second kappa shape index (κ2) is 6.18. The number of thiazole rings is 1. The van der Waals surface area contributed by atoms with Crippen LogP contribution in [-0.2, 0) is 0 Å². The summed E-state index contributed by atoms with van der Waals surface area (Å²) in [6.07, 6.45) is 10.6. The van der Waals surface area contributed by atoms with E-state index in [9.17, 15) is 0 Å². The maximum atomic E-state index is 4.53. The van der Waals surface area contributed by atoms with Crippen LogP contribution in [0.4, 0.5) is 5.95 Å². The molecule has 0 aromatic carbocycles. The highest BCUT2D eigenvalue weighted by molar-refractivity contribution is 7.11. The van der Waals surface area contributed by atoms with E-state index in [1.54, 1.807) is 11.3 Å². The lowest BCUT2D eigenvalue weighted by atomic mass is 9.95. The molecule has 0 saturated heterocycles. The molecule has 5 heteroatoms. The fourth-order valence-corrected chi connectivity index (χ4v) is 4.22. The normalized spacial score (nSPS) is 17.9. The first-order valence-electron chi connectivity index (χ1n) is 7.88. The van der Waals surface area contributed by atoms with Gasteiger partial charge in [-0.25, -0.2) is 9.97 Å². The average Bonchev–Trinajstić information content (AvgIpc) is 3.06. The topological polar surface area (TPSA) is 42.7 Å². The molecule has 1 atom stereocenters. The van der Waals surface area contributed by atoms with Crippen molar-refractivity contribution in [1.82, 2.24) is 14.5 Å². The largest absolute Gasteiger partial charge is 0.348 e. The van der Waals surface area contributed by atoms with E-state index < -0.39 is 0 Å². The van der Waals surface area contributed by atoms with E-state index in [2.05, 4.69) is 46.8 Å². The smallest absolute Gasteiger partial charge is 0.203 e. The molecular formula is C16H24N4S. The minimum Gasteiger partial charge on any atom is -0.348 e. The van der Waals surface area contributed by atoms with Crippen molar-refractivity contribution in [3.8, 4) is 0 Å². The predicted octanol–water partition coefficient (Wildman–Crippen LogP) is 4.63. The maximum Gasteiger partial charge on any atom is 0.203 e. The van der Waals surface area contributed by atoms with Crippen molar-refractivity contribution in [3.05, 3.63) is 28.0 Å². The Kier molecular flexibility index (Phi) is 4.29. The molecule has 0 spiro atoms. The van der Waals surface area contributed by atoms with Gasteiger partial charge in [-0.05, 0) is 33.6 Å². The summed E-state index contributed by atoms with van der Waals surface area (Å²) in [6, 6.07) is 0.862. The Bertz CT molecular complexity index is 595. The zero-order chi connectivity index (χ0) is 14.8. The van der Waals surface area contributed by atoms with Crippen molar-refractivity contribution < 1.29 is 0 Å². The summed E-state index contributed by atoms with van der Waals surface area (Å²) in [5.41, 5.74) is 1.13. The molecule has 0 bridgehead atoms. The standard InChI is InChI=1S/C16H24N4S/c1-11-15(21-13(3)18-11)12(2)19-16-17-9-10-20(16)14-7-5-4-6-8-14/h9-10,12,14H,4-8H2,1-3H3,(H,17,19). The highest BCUT2D eigenvalue weighted by Crippen LogP contribution is 2.32. The van der Waals surface area contributed by atoms with Crippen LogP contribution in [0.1, 0.15) is 66.7 Å². The number of nitrogens with zero attached hydrogens (tertiary/aromatic N) is 3. The average molecular weight is 304 g/mol. The number of nitrogens with one attached hydrogen (secondary N) is 1. The van der Waals surface area contributed by atoms with Crippen LogP contribution in [0.5, 0.6) is 0 Å². The molecule has 1 N–H and O–H groups in total. The molecule has 4 nitrogen and oxygen atoms in total. The lowest BCUT2D eigenvalue weighted by Crippen LogP contribution is -2.17. The van der Waals surface area contributed by atoms with Gasteiger partial charge in [0, 0.05) is 23.3 Å². The van der Waals surface area contributed by atoms with E-state index in [1.807, 2.05) is 6.20 Å². The van der Waals surface area contributed by atoms with Gasteiger partial charge in [0.2, 0.25) is 5.95 Å². The van der Waals surface area contributed by atoms with Crippen molar-refractivity contribution >= 4 is 17.3 Å². The number of aromatic nitrogens is 3. The van der Waals surface area contributed by atoms with Crippen LogP contribution in [0.3, 0.4) is 0 Å². The fourth-order valence-electron chi connectivity index (χ4n) is 3.29. The molecule has 0 aliphatic heterocycles. The number of aryl methyl sites for hydroxylation is 2. The first-order valence-corrected chi connectivity index (χ1v) is 8.70. The predicted molar refractivity (Wildman–Crippen MR) is 88.0 cm³/mol.